The molecular weight excluding hydrogens is 463 g/mol. The Morgan fingerprint density at radius 1 is 1.24 bits per heavy atom. The molecule has 0 bridgehead atoms. The van der Waals surface area contributed by atoms with Crippen molar-refractivity contribution in [3.8, 4) is 0 Å². The summed E-state index contributed by atoms with van der Waals surface area (Å²) in [7, 11) is 1.34. The number of hydrogen-bond acceptors (Lipinski definition) is 6. The molecular formula is C18H17Cl3N2O5S. The first-order chi connectivity index (χ1) is 13.6. The first-order valence-electron chi connectivity index (χ1n) is 8.46. The van der Waals surface area contributed by atoms with Crippen molar-refractivity contribution in [1.29, 1.82) is 0 Å². The van der Waals surface area contributed by atoms with E-state index in [9.17, 15) is 14.4 Å². The van der Waals surface area contributed by atoms with E-state index in [2.05, 4.69) is 5.32 Å². The van der Waals surface area contributed by atoms with Crippen LogP contribution in [-0.2, 0) is 23.9 Å². The number of carbonyl (C=O) groups excluding carboxylic acids is 3. The maximum absolute atomic E-state index is 13.0. The lowest BCUT2D eigenvalue weighted by atomic mass is 9.89. The zero-order valence-electron chi connectivity index (χ0n) is 15.4. The Morgan fingerprint density at radius 3 is 2.45 bits per heavy atom. The number of hydrogen-bond donors (Lipinski definition) is 1. The van der Waals surface area contributed by atoms with E-state index in [1.54, 1.807) is 0 Å². The average Bonchev–Trinajstić information content (AvgIpc) is 2.65. The van der Waals surface area contributed by atoms with E-state index in [-0.39, 0.29) is 23.3 Å². The normalized spacial score (nSPS) is 23.8. The van der Waals surface area contributed by atoms with Gasteiger partial charge >= 0.3 is 5.97 Å². The monoisotopic (exact) mass is 478 g/mol. The highest BCUT2D eigenvalue weighted by molar-refractivity contribution is 8.00. The molecule has 29 heavy (non-hydrogen) atoms. The van der Waals surface area contributed by atoms with E-state index in [4.69, 9.17) is 44.3 Å². The number of β-lactam (4-membered cyclic amide) rings is 1. The summed E-state index contributed by atoms with van der Waals surface area (Å²) in [5, 5.41) is 1.61. The highest BCUT2D eigenvalue weighted by Crippen LogP contribution is 2.50. The highest BCUT2D eigenvalue weighted by Gasteiger charge is 2.57. The van der Waals surface area contributed by atoms with Crippen LogP contribution in [0.1, 0.15) is 18.4 Å². The number of halogens is 3. The molecule has 1 aromatic carbocycles. The van der Waals surface area contributed by atoms with Crippen LogP contribution in [0.3, 0.4) is 0 Å². The van der Waals surface area contributed by atoms with Gasteiger partial charge in [0.05, 0.1) is 13.0 Å². The number of alkyl halides is 3. The summed E-state index contributed by atoms with van der Waals surface area (Å²) < 4.78 is 8.64. The molecule has 11 heteroatoms. The Labute approximate surface area is 186 Å². The lowest BCUT2D eigenvalue weighted by Gasteiger charge is -2.51. The molecule has 1 aromatic rings. The molecule has 0 radical (unpaired) electrons. The Morgan fingerprint density at radius 2 is 1.90 bits per heavy atom. The van der Waals surface area contributed by atoms with Crippen molar-refractivity contribution in [2.24, 2.45) is 0 Å². The van der Waals surface area contributed by atoms with Crippen molar-refractivity contribution in [2.45, 2.75) is 27.4 Å². The smallest absolute Gasteiger partial charge is 0.358 e. The minimum absolute atomic E-state index is 0.0932. The van der Waals surface area contributed by atoms with Gasteiger partial charge in [-0.05, 0) is 5.56 Å². The van der Waals surface area contributed by atoms with E-state index in [0.717, 1.165) is 5.56 Å². The van der Waals surface area contributed by atoms with Crippen molar-refractivity contribution in [3.63, 3.8) is 0 Å². The predicted molar refractivity (Wildman–Crippen MR) is 110 cm³/mol. The average molecular weight is 480 g/mol. The summed E-state index contributed by atoms with van der Waals surface area (Å²) >= 11 is 18.3. The number of esters is 1. The lowest BCUT2D eigenvalue weighted by Crippen LogP contribution is -2.62. The minimum atomic E-state index is -1.81. The van der Waals surface area contributed by atoms with Crippen LogP contribution < -0.4 is 5.32 Å². The maximum atomic E-state index is 13.0. The molecule has 3 rings (SSSR count). The number of ether oxygens (including phenoxy) is 2. The molecule has 1 unspecified atom stereocenters. The molecule has 3 atom stereocenters. The van der Waals surface area contributed by atoms with Crippen LogP contribution in [0.25, 0.3) is 0 Å². The molecule has 0 aromatic heterocycles. The Bertz CT molecular complexity index is 859. The van der Waals surface area contributed by atoms with E-state index >= 15 is 0 Å². The summed E-state index contributed by atoms with van der Waals surface area (Å²) in [5.41, 5.74) is 0.698. The van der Waals surface area contributed by atoms with Gasteiger partial charge in [-0.25, -0.2) is 4.79 Å². The van der Waals surface area contributed by atoms with Crippen LogP contribution >= 0.6 is 46.6 Å². The van der Waals surface area contributed by atoms with Gasteiger partial charge < -0.3 is 14.8 Å². The number of nitrogens with zero attached hydrogens (tertiary/aromatic N) is 1. The molecule has 156 valence electrons. The molecule has 2 aliphatic heterocycles. The van der Waals surface area contributed by atoms with Gasteiger partial charge in [0.2, 0.25) is 15.6 Å². The molecule has 2 aliphatic rings. The molecule has 2 amide bonds. The molecule has 0 aliphatic carbocycles. The van der Waals surface area contributed by atoms with Crippen LogP contribution in [0.2, 0.25) is 0 Å². The fourth-order valence-electron chi connectivity index (χ4n) is 3.16. The van der Waals surface area contributed by atoms with Crippen LogP contribution in [0, 0.1) is 0 Å². The summed E-state index contributed by atoms with van der Waals surface area (Å²) in [5.74, 6) is -1.87. The van der Waals surface area contributed by atoms with Gasteiger partial charge in [-0.3, -0.25) is 14.5 Å². The minimum Gasteiger partial charge on any atom is -0.495 e. The second kappa shape index (κ2) is 8.63. The second-order valence-electron chi connectivity index (χ2n) is 6.31. The fraction of sp³-hybridized carbons (Fsp3) is 0.389. The molecule has 2 heterocycles. The fourth-order valence-corrected chi connectivity index (χ4v) is 4.92. The van der Waals surface area contributed by atoms with E-state index in [0.29, 0.717) is 0 Å². The summed E-state index contributed by atoms with van der Waals surface area (Å²) in [6, 6.07) is 9.18. The Balaban J connectivity index is 1.97. The predicted octanol–water partition coefficient (Wildman–Crippen LogP) is 2.92. The number of benzene rings is 1. The zero-order chi connectivity index (χ0) is 21.3. The molecule has 7 nitrogen and oxygen atoms in total. The maximum Gasteiger partial charge on any atom is 0.358 e. The van der Waals surface area contributed by atoms with E-state index in [1.807, 2.05) is 30.3 Å². The summed E-state index contributed by atoms with van der Waals surface area (Å²) in [6.07, 6.45) is 0. The van der Waals surface area contributed by atoms with Crippen molar-refractivity contribution in [2.75, 3.05) is 13.7 Å². The van der Waals surface area contributed by atoms with Gasteiger partial charge in [-0.15, -0.1) is 11.8 Å². The van der Waals surface area contributed by atoms with Crippen molar-refractivity contribution >= 4 is 64.3 Å². The standard InChI is InChI=1S/C18H17Cl3N2O5S/c1-9(24)22-14-13(27-2)12(17(26)28-8-18(19,20)21)23-15(25)11(16(23)29-14)10-6-4-3-5-7-10/h3-7,11,14,16H,8H2,1-2H3,(H,22,24)/t11-,14?,16+/m0/s1. The second-order valence-corrected chi connectivity index (χ2v) is 10.1. The topological polar surface area (TPSA) is 84.9 Å². The number of thioether (sulfide) groups is 1. The number of rotatable bonds is 5. The van der Waals surface area contributed by atoms with Gasteiger partial charge in [0.25, 0.3) is 0 Å². The van der Waals surface area contributed by atoms with Crippen molar-refractivity contribution in [1.82, 2.24) is 10.2 Å². The zero-order valence-corrected chi connectivity index (χ0v) is 18.4. The first kappa shape index (κ1) is 22.1. The first-order valence-corrected chi connectivity index (χ1v) is 10.5. The number of carbonyl (C=O) groups is 3. The molecule has 1 saturated heterocycles. The number of nitrogens with one attached hydrogen (secondary N) is 1. The molecule has 0 saturated carbocycles. The van der Waals surface area contributed by atoms with Crippen LogP contribution in [0.4, 0.5) is 0 Å². The van der Waals surface area contributed by atoms with Gasteiger partial charge in [0.1, 0.15) is 17.4 Å². The van der Waals surface area contributed by atoms with Crippen LogP contribution in [-0.4, -0.2) is 50.9 Å². The highest BCUT2D eigenvalue weighted by atomic mass is 35.6. The summed E-state index contributed by atoms with van der Waals surface area (Å²) in [6.45, 7) is 0.839. The molecule has 1 N–H and O–H groups in total. The number of fused-ring (bicyclic) bond motifs is 1. The quantitative estimate of drug-likeness (QED) is 0.397. The third-order valence-corrected chi connectivity index (χ3v) is 6.00. The van der Waals surface area contributed by atoms with E-state index in [1.165, 1.54) is 30.7 Å². The van der Waals surface area contributed by atoms with Gasteiger partial charge in [0, 0.05) is 6.92 Å². The van der Waals surface area contributed by atoms with Crippen LogP contribution in [0.5, 0.6) is 0 Å². The van der Waals surface area contributed by atoms with Crippen molar-refractivity contribution < 1.29 is 23.9 Å². The van der Waals surface area contributed by atoms with Gasteiger partial charge in [0.15, 0.2) is 11.5 Å². The lowest BCUT2D eigenvalue weighted by molar-refractivity contribution is -0.151. The Hall–Kier alpha value is -1.61. The third kappa shape index (κ3) is 4.60. The largest absolute Gasteiger partial charge is 0.495 e. The summed E-state index contributed by atoms with van der Waals surface area (Å²) in [4.78, 5) is 38.7. The molecule has 1 fully saturated rings. The van der Waals surface area contributed by atoms with E-state index < -0.39 is 33.0 Å². The molecule has 0 spiro atoms. The number of methoxy groups -OCH3 is 1. The Kier molecular flexibility index (Phi) is 6.57. The van der Waals surface area contributed by atoms with Gasteiger partial charge in [-0.1, -0.05) is 65.1 Å². The number of amides is 2. The third-order valence-electron chi connectivity index (χ3n) is 4.30. The van der Waals surface area contributed by atoms with Crippen molar-refractivity contribution in [3.05, 3.63) is 47.4 Å². The SMILES string of the molecule is COC1=C(C(=O)OCC(Cl)(Cl)Cl)N2C(=O)[C@H](c3ccccc3)[C@H]2SC1NC(C)=O. The van der Waals surface area contributed by atoms with Gasteiger partial charge in [-0.2, -0.15) is 0 Å². The van der Waals surface area contributed by atoms with Crippen LogP contribution in [0.15, 0.2) is 41.8 Å².